The molecule has 0 saturated carbocycles. The van der Waals surface area contributed by atoms with Crippen LogP contribution in [0.15, 0.2) is 22.2 Å². The Morgan fingerprint density at radius 3 is 2.33 bits per heavy atom. The first-order chi connectivity index (χ1) is 5.52. The Morgan fingerprint density at radius 2 is 1.92 bits per heavy atom. The average Bonchev–Trinajstić information content (AvgIpc) is 1.84. The third-order valence-electron chi connectivity index (χ3n) is 1.30. The fraction of sp³-hybridized carbons (Fsp3) is 0.444. The molecule has 0 aromatic rings. The molecule has 0 bridgehead atoms. The number of rotatable bonds is 4. The van der Waals surface area contributed by atoms with E-state index in [0.29, 0.717) is 6.42 Å². The minimum atomic E-state index is 0.194. The van der Waals surface area contributed by atoms with Crippen molar-refractivity contribution < 1.29 is 4.79 Å². The molecule has 3 heteroatoms. The molecule has 0 aromatic carbocycles. The van der Waals surface area contributed by atoms with E-state index >= 15 is 0 Å². The topological polar surface area (TPSA) is 17.1 Å². The van der Waals surface area contributed by atoms with E-state index in [1.165, 1.54) is 0 Å². The molecule has 0 aromatic heterocycles. The van der Waals surface area contributed by atoms with Gasteiger partial charge in [0.15, 0.2) is 0 Å². The van der Waals surface area contributed by atoms with Gasteiger partial charge in [-0.2, -0.15) is 0 Å². The van der Waals surface area contributed by atoms with Crippen LogP contribution in [0.5, 0.6) is 0 Å². The third-order valence-corrected chi connectivity index (χ3v) is 1.52. The second-order valence-electron chi connectivity index (χ2n) is 2.62. The molecule has 0 unspecified atom stereocenters. The van der Waals surface area contributed by atoms with Gasteiger partial charge in [0.2, 0.25) is 0 Å². The smallest absolute Gasteiger partial charge is 0.130 e. The number of ketones is 1. The first-order valence-corrected chi connectivity index (χ1v) is 4.47. The summed E-state index contributed by atoms with van der Waals surface area (Å²) in [5.74, 6) is 0.194. The van der Waals surface area contributed by atoms with Crippen LogP contribution in [0.2, 0.25) is 0 Å². The molecule has 0 heterocycles. The van der Waals surface area contributed by atoms with E-state index in [4.69, 9.17) is 23.2 Å². The monoisotopic (exact) mass is 206 g/mol. The Hall–Kier alpha value is -0.270. The lowest BCUT2D eigenvalue weighted by atomic mass is 10.2. The van der Waals surface area contributed by atoms with Crippen LogP contribution in [0.25, 0.3) is 0 Å². The lowest BCUT2D eigenvalue weighted by molar-refractivity contribution is -0.116. The predicted octanol–water partition coefficient (Wildman–Crippen LogP) is 3.62. The molecule has 0 aliphatic heterocycles. The summed E-state index contributed by atoms with van der Waals surface area (Å²) in [5.41, 5.74) is 0.983. The van der Waals surface area contributed by atoms with Crippen molar-refractivity contribution in [1.29, 1.82) is 0 Å². The third kappa shape index (κ3) is 7.83. The second-order valence-corrected chi connectivity index (χ2v) is 3.63. The minimum Gasteiger partial charge on any atom is -0.300 e. The van der Waals surface area contributed by atoms with Gasteiger partial charge < -0.3 is 4.79 Å². The summed E-state index contributed by atoms with van der Waals surface area (Å²) in [4.78, 5) is 10.6. The second kappa shape index (κ2) is 6.27. The van der Waals surface area contributed by atoms with Gasteiger partial charge >= 0.3 is 0 Å². The van der Waals surface area contributed by atoms with Gasteiger partial charge in [0.25, 0.3) is 0 Å². The molecule has 68 valence electrons. The molecule has 0 saturated heterocycles. The minimum absolute atomic E-state index is 0.194. The maximum atomic E-state index is 10.6. The number of carbonyl (C=O) groups excluding carboxylic acids is 1. The molecule has 12 heavy (non-hydrogen) atoms. The summed E-state index contributed by atoms with van der Waals surface area (Å²) in [7, 11) is 0. The normalized spacial score (nSPS) is 11.2. The Morgan fingerprint density at radius 1 is 1.33 bits per heavy atom. The Balaban J connectivity index is 3.85. The van der Waals surface area contributed by atoms with Gasteiger partial charge in [-0.3, -0.25) is 0 Å². The van der Waals surface area contributed by atoms with Gasteiger partial charge in [-0.15, -0.1) is 0 Å². The maximum Gasteiger partial charge on any atom is 0.130 e. The summed E-state index contributed by atoms with van der Waals surface area (Å²) >= 11 is 10.9. The van der Waals surface area contributed by atoms with Gasteiger partial charge in [0, 0.05) is 6.42 Å². The number of halogens is 2. The highest BCUT2D eigenvalue weighted by Gasteiger charge is 1.91. The van der Waals surface area contributed by atoms with Crippen LogP contribution in [-0.4, -0.2) is 5.78 Å². The molecule has 0 radical (unpaired) electrons. The molecular weight excluding hydrogens is 195 g/mol. The Bertz CT molecular complexity index is 213. The van der Waals surface area contributed by atoms with Gasteiger partial charge in [0.05, 0.1) is 0 Å². The first-order valence-electron chi connectivity index (χ1n) is 3.71. The van der Waals surface area contributed by atoms with Crippen LogP contribution in [0.4, 0.5) is 0 Å². The van der Waals surface area contributed by atoms with E-state index < -0.39 is 0 Å². The lowest BCUT2D eigenvalue weighted by Crippen LogP contribution is -1.86. The fourth-order valence-corrected chi connectivity index (χ4v) is 1.08. The molecule has 0 rings (SSSR count). The van der Waals surface area contributed by atoms with Crippen molar-refractivity contribution >= 4 is 29.0 Å². The van der Waals surface area contributed by atoms with Crippen LogP contribution in [0, 0.1) is 0 Å². The molecule has 0 spiro atoms. The van der Waals surface area contributed by atoms with Crippen LogP contribution < -0.4 is 0 Å². The van der Waals surface area contributed by atoms with Crippen molar-refractivity contribution in [2.75, 3.05) is 0 Å². The molecular formula is C9H12Cl2O. The van der Waals surface area contributed by atoms with Crippen LogP contribution >= 0.6 is 23.2 Å². The molecule has 0 atom stereocenters. The fourth-order valence-electron chi connectivity index (χ4n) is 0.734. The number of hydrogen-bond acceptors (Lipinski definition) is 1. The lowest BCUT2D eigenvalue weighted by Gasteiger charge is -1.92. The van der Waals surface area contributed by atoms with Crippen molar-refractivity contribution in [3.63, 3.8) is 0 Å². The number of hydrogen-bond donors (Lipinski definition) is 0. The summed E-state index contributed by atoms with van der Waals surface area (Å²) in [6, 6.07) is 0. The van der Waals surface area contributed by atoms with E-state index in [0.717, 1.165) is 12.0 Å². The Kier molecular flexibility index (Phi) is 6.13. The molecule has 1 nitrogen and oxygen atoms in total. The van der Waals surface area contributed by atoms with Gasteiger partial charge in [-0.1, -0.05) is 34.9 Å². The van der Waals surface area contributed by atoms with Crippen molar-refractivity contribution in [1.82, 2.24) is 0 Å². The van der Waals surface area contributed by atoms with Crippen LogP contribution in [-0.2, 0) is 4.79 Å². The molecule has 0 N–H and O–H groups in total. The van der Waals surface area contributed by atoms with E-state index in [9.17, 15) is 4.79 Å². The van der Waals surface area contributed by atoms with E-state index in [2.05, 4.69) is 0 Å². The highest BCUT2D eigenvalue weighted by molar-refractivity contribution is 6.56. The van der Waals surface area contributed by atoms with Gasteiger partial charge in [-0.05, 0) is 26.3 Å². The van der Waals surface area contributed by atoms with Gasteiger partial charge in [-0.25, -0.2) is 0 Å². The number of carbonyl (C=O) groups is 1. The SMILES string of the molecule is CC(=O)CC/C=C(\C)C=C(Cl)Cl. The van der Waals surface area contributed by atoms with Gasteiger partial charge in [0.1, 0.15) is 10.3 Å². The maximum absolute atomic E-state index is 10.6. The van der Waals surface area contributed by atoms with E-state index in [1.54, 1.807) is 13.0 Å². The zero-order valence-electron chi connectivity index (χ0n) is 7.23. The van der Waals surface area contributed by atoms with Crippen molar-refractivity contribution in [2.24, 2.45) is 0 Å². The summed E-state index contributed by atoms with van der Waals surface area (Å²) in [6.45, 7) is 3.47. The predicted molar refractivity (Wildman–Crippen MR) is 53.5 cm³/mol. The summed E-state index contributed by atoms with van der Waals surface area (Å²) in [6.07, 6.45) is 4.92. The van der Waals surface area contributed by atoms with Crippen molar-refractivity contribution in [3.05, 3.63) is 22.2 Å². The number of allylic oxidation sites excluding steroid dienone is 3. The molecule has 0 aliphatic carbocycles. The summed E-state index contributed by atoms with van der Waals surface area (Å²) < 4.78 is 0.242. The van der Waals surface area contributed by atoms with E-state index in [1.807, 2.05) is 13.0 Å². The quantitative estimate of drug-likeness (QED) is 0.643. The standard InChI is InChI=1S/C9H12Cl2O/c1-7(6-9(10)11)4-3-5-8(2)12/h4,6H,3,5H2,1-2H3/b7-4+. The average molecular weight is 207 g/mol. The highest BCUT2D eigenvalue weighted by atomic mass is 35.5. The van der Waals surface area contributed by atoms with Crippen molar-refractivity contribution in [3.8, 4) is 0 Å². The largest absolute Gasteiger partial charge is 0.300 e. The summed E-state index contributed by atoms with van der Waals surface area (Å²) in [5, 5.41) is 0. The molecule has 0 aliphatic rings. The first kappa shape index (κ1) is 11.7. The zero-order chi connectivity index (χ0) is 9.56. The van der Waals surface area contributed by atoms with E-state index in [-0.39, 0.29) is 10.3 Å². The van der Waals surface area contributed by atoms with Crippen molar-refractivity contribution in [2.45, 2.75) is 26.7 Å². The molecule has 0 fully saturated rings. The highest BCUT2D eigenvalue weighted by Crippen LogP contribution is 2.11. The Labute approximate surface area is 83.0 Å². The number of Topliss-reactive ketones (excluding diaryl/α,β-unsaturated/α-hetero) is 1. The van der Waals surface area contributed by atoms with Crippen LogP contribution in [0.3, 0.4) is 0 Å². The molecule has 0 amide bonds. The van der Waals surface area contributed by atoms with Crippen LogP contribution in [0.1, 0.15) is 26.7 Å². The zero-order valence-corrected chi connectivity index (χ0v) is 8.74.